The zero-order chi connectivity index (χ0) is 11.4. The molecule has 90 valence electrons. The highest BCUT2D eigenvalue weighted by atomic mass is 32.2. The zero-order valence-corrected chi connectivity index (χ0v) is 11.3. The first-order valence-electron chi connectivity index (χ1n) is 5.92. The van der Waals surface area contributed by atoms with Gasteiger partial charge in [0.15, 0.2) is 0 Å². The number of nitrogens with zero attached hydrogens (tertiary/aromatic N) is 1. The van der Waals surface area contributed by atoms with Crippen molar-refractivity contribution >= 4 is 23.1 Å². The molecule has 1 aromatic rings. The number of rotatable bonds is 4. The third-order valence-corrected chi connectivity index (χ3v) is 5.44. The molecule has 1 N–H and O–H groups in total. The van der Waals surface area contributed by atoms with Crippen LogP contribution in [0.1, 0.15) is 35.6 Å². The van der Waals surface area contributed by atoms with Crippen LogP contribution in [0, 0.1) is 5.92 Å². The maximum atomic E-state index is 9.10. The molecule has 1 saturated heterocycles. The summed E-state index contributed by atoms with van der Waals surface area (Å²) in [5, 5.41) is 10.4. The van der Waals surface area contributed by atoms with Crippen LogP contribution in [-0.4, -0.2) is 28.2 Å². The molecule has 1 unspecified atom stereocenters. The van der Waals surface area contributed by atoms with Crippen LogP contribution in [0.25, 0.3) is 0 Å². The van der Waals surface area contributed by atoms with Crippen LogP contribution in [-0.2, 0) is 6.42 Å². The highest BCUT2D eigenvalue weighted by Crippen LogP contribution is 2.29. The summed E-state index contributed by atoms with van der Waals surface area (Å²) in [7, 11) is 0. The minimum absolute atomic E-state index is 0.224. The van der Waals surface area contributed by atoms with E-state index in [4.69, 9.17) is 5.11 Å². The van der Waals surface area contributed by atoms with E-state index < -0.39 is 0 Å². The van der Waals surface area contributed by atoms with Crippen LogP contribution in [0.4, 0.5) is 0 Å². The molecule has 1 aliphatic rings. The number of thioether (sulfide) groups is 1. The molecule has 0 radical (unpaired) electrons. The standard InChI is InChI=1S/C12H19NOS2/c1-9(8-14)11-7-13-12(16-11)6-10-2-4-15-5-3-10/h7,9-10,14H,2-6,8H2,1H3. The van der Waals surface area contributed by atoms with E-state index in [2.05, 4.69) is 23.7 Å². The van der Waals surface area contributed by atoms with Crippen LogP contribution >= 0.6 is 23.1 Å². The fraction of sp³-hybridized carbons (Fsp3) is 0.750. The van der Waals surface area contributed by atoms with E-state index in [9.17, 15) is 0 Å². The van der Waals surface area contributed by atoms with E-state index >= 15 is 0 Å². The smallest absolute Gasteiger partial charge is 0.0930 e. The van der Waals surface area contributed by atoms with Gasteiger partial charge in [-0.2, -0.15) is 11.8 Å². The van der Waals surface area contributed by atoms with E-state index in [1.807, 2.05) is 6.20 Å². The van der Waals surface area contributed by atoms with Gasteiger partial charge in [0.25, 0.3) is 0 Å². The number of aliphatic hydroxyl groups is 1. The van der Waals surface area contributed by atoms with Gasteiger partial charge in [-0.25, -0.2) is 4.98 Å². The number of aromatic nitrogens is 1. The zero-order valence-electron chi connectivity index (χ0n) is 9.69. The summed E-state index contributed by atoms with van der Waals surface area (Å²) in [6.07, 6.45) is 5.77. The van der Waals surface area contributed by atoms with Gasteiger partial charge < -0.3 is 5.11 Å². The second-order valence-corrected chi connectivity index (χ2v) is 6.87. The van der Waals surface area contributed by atoms with Gasteiger partial charge in [0.2, 0.25) is 0 Å². The Hall–Kier alpha value is -0.0600. The molecule has 1 fully saturated rings. The minimum atomic E-state index is 0.224. The van der Waals surface area contributed by atoms with Crippen molar-refractivity contribution in [2.45, 2.75) is 32.1 Å². The van der Waals surface area contributed by atoms with Crippen molar-refractivity contribution in [3.63, 3.8) is 0 Å². The lowest BCUT2D eigenvalue weighted by atomic mass is 9.99. The molecule has 0 amide bonds. The Morgan fingerprint density at radius 1 is 1.50 bits per heavy atom. The Morgan fingerprint density at radius 2 is 2.25 bits per heavy atom. The van der Waals surface area contributed by atoms with Gasteiger partial charge in [0.05, 0.1) is 11.6 Å². The molecule has 0 aliphatic carbocycles. The van der Waals surface area contributed by atoms with Gasteiger partial charge in [-0.15, -0.1) is 11.3 Å². The molecule has 4 heteroatoms. The average Bonchev–Trinajstić information content (AvgIpc) is 2.78. The quantitative estimate of drug-likeness (QED) is 0.900. The summed E-state index contributed by atoms with van der Waals surface area (Å²) in [5.41, 5.74) is 0. The second-order valence-electron chi connectivity index (χ2n) is 4.50. The molecular weight excluding hydrogens is 238 g/mol. The molecule has 2 heterocycles. The van der Waals surface area contributed by atoms with E-state index in [1.54, 1.807) is 11.3 Å². The van der Waals surface area contributed by atoms with Crippen LogP contribution in [0.3, 0.4) is 0 Å². The van der Waals surface area contributed by atoms with Gasteiger partial charge in [0.1, 0.15) is 0 Å². The van der Waals surface area contributed by atoms with Crippen LogP contribution in [0.5, 0.6) is 0 Å². The van der Waals surface area contributed by atoms with Crippen molar-refractivity contribution in [3.8, 4) is 0 Å². The Kier molecular flexibility index (Phi) is 4.67. The first-order valence-corrected chi connectivity index (χ1v) is 7.90. The molecule has 0 spiro atoms. The summed E-state index contributed by atoms with van der Waals surface area (Å²) in [6.45, 7) is 2.27. The average molecular weight is 257 g/mol. The van der Waals surface area contributed by atoms with Gasteiger partial charge in [-0.3, -0.25) is 0 Å². The topological polar surface area (TPSA) is 33.1 Å². The number of aliphatic hydroxyl groups excluding tert-OH is 1. The molecule has 0 saturated carbocycles. The molecular formula is C12H19NOS2. The first-order chi connectivity index (χ1) is 7.79. The van der Waals surface area contributed by atoms with Crippen molar-refractivity contribution in [2.24, 2.45) is 5.92 Å². The third-order valence-electron chi connectivity index (χ3n) is 3.14. The predicted molar refractivity (Wildman–Crippen MR) is 71.4 cm³/mol. The van der Waals surface area contributed by atoms with Crippen LogP contribution in [0.15, 0.2) is 6.20 Å². The third kappa shape index (κ3) is 3.22. The Morgan fingerprint density at radius 3 is 2.94 bits per heavy atom. The summed E-state index contributed by atoms with van der Waals surface area (Å²) < 4.78 is 0. The summed E-state index contributed by atoms with van der Waals surface area (Å²) in [6, 6.07) is 0. The Bertz CT molecular complexity index is 321. The second kappa shape index (κ2) is 6.03. The number of hydrogen-bond donors (Lipinski definition) is 1. The van der Waals surface area contributed by atoms with Crippen molar-refractivity contribution < 1.29 is 5.11 Å². The van der Waals surface area contributed by atoms with Crippen LogP contribution < -0.4 is 0 Å². The Balaban J connectivity index is 1.91. The van der Waals surface area contributed by atoms with Crippen molar-refractivity contribution in [2.75, 3.05) is 18.1 Å². The maximum Gasteiger partial charge on any atom is 0.0930 e. The molecule has 16 heavy (non-hydrogen) atoms. The summed E-state index contributed by atoms with van der Waals surface area (Å²) >= 11 is 3.85. The fourth-order valence-electron chi connectivity index (χ4n) is 1.93. The molecule has 0 aromatic carbocycles. The van der Waals surface area contributed by atoms with Crippen LogP contribution in [0.2, 0.25) is 0 Å². The lowest BCUT2D eigenvalue weighted by Crippen LogP contribution is -2.11. The minimum Gasteiger partial charge on any atom is -0.396 e. The maximum absolute atomic E-state index is 9.10. The molecule has 1 aromatic heterocycles. The van der Waals surface area contributed by atoms with Gasteiger partial charge in [0, 0.05) is 23.4 Å². The SMILES string of the molecule is CC(CO)c1cnc(CC2CCSCC2)s1. The van der Waals surface area contributed by atoms with E-state index in [1.165, 1.54) is 34.2 Å². The largest absolute Gasteiger partial charge is 0.396 e. The van der Waals surface area contributed by atoms with Gasteiger partial charge in [-0.05, 0) is 30.3 Å². The number of hydrogen-bond acceptors (Lipinski definition) is 4. The Labute approximate surface area is 105 Å². The lowest BCUT2D eigenvalue weighted by Gasteiger charge is -2.19. The van der Waals surface area contributed by atoms with Crippen molar-refractivity contribution in [1.29, 1.82) is 0 Å². The highest BCUT2D eigenvalue weighted by molar-refractivity contribution is 7.99. The normalized spacial score (nSPS) is 19.9. The molecule has 2 nitrogen and oxygen atoms in total. The summed E-state index contributed by atoms with van der Waals surface area (Å²) in [5.74, 6) is 3.71. The van der Waals surface area contributed by atoms with E-state index in [-0.39, 0.29) is 12.5 Å². The molecule has 0 bridgehead atoms. The fourth-order valence-corrected chi connectivity index (χ4v) is 4.22. The molecule has 2 rings (SSSR count). The first kappa shape index (κ1) is 12.4. The lowest BCUT2D eigenvalue weighted by molar-refractivity contribution is 0.274. The van der Waals surface area contributed by atoms with Crippen molar-refractivity contribution in [3.05, 3.63) is 16.1 Å². The highest BCUT2D eigenvalue weighted by Gasteiger charge is 2.16. The van der Waals surface area contributed by atoms with E-state index in [0.717, 1.165) is 12.3 Å². The van der Waals surface area contributed by atoms with E-state index in [0.29, 0.717) is 0 Å². The van der Waals surface area contributed by atoms with Gasteiger partial charge in [-0.1, -0.05) is 6.92 Å². The molecule has 1 atom stereocenters. The number of thiazole rings is 1. The monoisotopic (exact) mass is 257 g/mol. The van der Waals surface area contributed by atoms with Crippen molar-refractivity contribution in [1.82, 2.24) is 4.98 Å². The molecule has 1 aliphatic heterocycles. The summed E-state index contributed by atoms with van der Waals surface area (Å²) in [4.78, 5) is 5.70. The predicted octanol–water partition coefficient (Wildman–Crippen LogP) is 2.92. The van der Waals surface area contributed by atoms with Gasteiger partial charge >= 0.3 is 0 Å².